The summed E-state index contributed by atoms with van der Waals surface area (Å²) in [4.78, 5) is 11.0. The Balaban J connectivity index is 2.74. The van der Waals surface area contributed by atoms with E-state index in [1.165, 1.54) is 0 Å². The number of amides is 1. The van der Waals surface area contributed by atoms with E-state index in [2.05, 4.69) is 5.32 Å². The average molecular weight is 280 g/mol. The highest BCUT2D eigenvalue weighted by Gasteiger charge is 2.26. The summed E-state index contributed by atoms with van der Waals surface area (Å²) in [6.07, 6.45) is 0. The molecule has 1 amide bonds. The van der Waals surface area contributed by atoms with E-state index in [0.29, 0.717) is 0 Å². The Morgan fingerprint density at radius 3 is 2.76 bits per heavy atom. The van der Waals surface area contributed by atoms with Gasteiger partial charge in [-0.05, 0) is 12.1 Å². The van der Waals surface area contributed by atoms with Crippen molar-refractivity contribution in [1.82, 2.24) is 5.32 Å². The lowest BCUT2D eigenvalue weighted by atomic mass is 10.2. The first kappa shape index (κ1) is 12.1. The summed E-state index contributed by atoms with van der Waals surface area (Å²) in [5.41, 5.74) is -0.179. The third-order valence-corrected chi connectivity index (χ3v) is 3.49. The van der Waals surface area contributed by atoms with Crippen molar-refractivity contribution in [3.8, 4) is 5.75 Å². The number of hydrogen-bond donors (Lipinski definition) is 1. The van der Waals surface area contributed by atoms with Crippen LogP contribution in [-0.4, -0.2) is 27.5 Å². The normalized spacial score (nSPS) is 15.5. The SMILES string of the molecule is O=C1NCCOc2c1cc(F)cc2S(=O)(=O)Cl. The van der Waals surface area contributed by atoms with Crippen molar-refractivity contribution in [3.63, 3.8) is 0 Å². The Bertz CT molecular complexity index is 587. The number of hydrogen-bond acceptors (Lipinski definition) is 4. The van der Waals surface area contributed by atoms with Crippen LogP contribution in [-0.2, 0) is 9.05 Å². The second-order valence-electron chi connectivity index (χ2n) is 3.32. The molecule has 0 bridgehead atoms. The van der Waals surface area contributed by atoms with Gasteiger partial charge < -0.3 is 10.1 Å². The molecule has 1 aliphatic heterocycles. The lowest BCUT2D eigenvalue weighted by molar-refractivity contribution is 0.0956. The van der Waals surface area contributed by atoms with E-state index in [9.17, 15) is 17.6 Å². The predicted molar refractivity (Wildman–Crippen MR) is 57.3 cm³/mol. The number of carbonyl (C=O) groups is 1. The number of fused-ring (bicyclic) bond motifs is 1. The number of nitrogens with one attached hydrogen (secondary N) is 1. The molecule has 1 aliphatic rings. The molecule has 0 saturated heterocycles. The van der Waals surface area contributed by atoms with E-state index >= 15 is 0 Å². The van der Waals surface area contributed by atoms with Crippen LogP contribution < -0.4 is 10.1 Å². The first-order valence-electron chi connectivity index (χ1n) is 4.59. The van der Waals surface area contributed by atoms with Crippen LogP contribution >= 0.6 is 10.7 Å². The Hall–Kier alpha value is -1.34. The van der Waals surface area contributed by atoms with Gasteiger partial charge in [-0.15, -0.1) is 0 Å². The predicted octanol–water partition coefficient (Wildman–Crippen LogP) is 0.875. The van der Waals surface area contributed by atoms with Gasteiger partial charge in [0.2, 0.25) is 0 Å². The summed E-state index contributed by atoms with van der Waals surface area (Å²) < 4.78 is 40.9. The fourth-order valence-corrected chi connectivity index (χ4v) is 2.47. The molecule has 0 fully saturated rings. The van der Waals surface area contributed by atoms with E-state index in [0.717, 1.165) is 12.1 Å². The molecule has 0 saturated carbocycles. The van der Waals surface area contributed by atoms with Crippen LogP contribution in [0, 0.1) is 5.82 Å². The molecule has 1 N–H and O–H groups in total. The van der Waals surface area contributed by atoms with Gasteiger partial charge in [0.25, 0.3) is 15.0 Å². The average Bonchev–Trinajstić information content (AvgIpc) is 2.39. The van der Waals surface area contributed by atoms with Crippen molar-refractivity contribution >= 4 is 25.6 Å². The van der Waals surface area contributed by atoms with Gasteiger partial charge in [0.05, 0.1) is 12.1 Å². The first-order valence-corrected chi connectivity index (χ1v) is 6.90. The third-order valence-electron chi connectivity index (χ3n) is 2.16. The van der Waals surface area contributed by atoms with Crippen molar-refractivity contribution < 1.29 is 22.3 Å². The van der Waals surface area contributed by atoms with Gasteiger partial charge >= 0.3 is 0 Å². The van der Waals surface area contributed by atoms with Crippen molar-refractivity contribution in [3.05, 3.63) is 23.5 Å². The molecule has 5 nitrogen and oxygen atoms in total. The van der Waals surface area contributed by atoms with E-state index in [-0.39, 0.29) is 24.5 Å². The van der Waals surface area contributed by atoms with Crippen molar-refractivity contribution in [2.75, 3.05) is 13.2 Å². The molecule has 0 aromatic heterocycles. The second-order valence-corrected chi connectivity index (χ2v) is 5.86. The maximum absolute atomic E-state index is 13.2. The van der Waals surface area contributed by atoms with Gasteiger partial charge in [0, 0.05) is 10.7 Å². The van der Waals surface area contributed by atoms with Gasteiger partial charge in [0.15, 0.2) is 5.75 Å². The quantitative estimate of drug-likeness (QED) is 0.775. The van der Waals surface area contributed by atoms with Crippen LogP contribution in [0.2, 0.25) is 0 Å². The topological polar surface area (TPSA) is 72.5 Å². The van der Waals surface area contributed by atoms with Crippen LogP contribution in [0.25, 0.3) is 0 Å². The zero-order valence-electron chi connectivity index (χ0n) is 8.37. The fraction of sp³-hybridized carbons (Fsp3) is 0.222. The van der Waals surface area contributed by atoms with Crippen molar-refractivity contribution in [1.29, 1.82) is 0 Å². The van der Waals surface area contributed by atoms with Crippen LogP contribution in [0.1, 0.15) is 10.4 Å². The third kappa shape index (κ3) is 2.34. The highest BCUT2D eigenvalue weighted by atomic mass is 35.7. The number of ether oxygens (including phenoxy) is 1. The summed E-state index contributed by atoms with van der Waals surface area (Å²) in [6.45, 7) is 0.292. The van der Waals surface area contributed by atoms with Crippen molar-refractivity contribution in [2.24, 2.45) is 0 Å². The number of benzene rings is 1. The maximum Gasteiger partial charge on any atom is 0.265 e. The number of halogens is 2. The molecule has 1 heterocycles. The molecule has 17 heavy (non-hydrogen) atoms. The van der Waals surface area contributed by atoms with E-state index in [4.69, 9.17) is 15.4 Å². The molecule has 1 aromatic rings. The van der Waals surface area contributed by atoms with Crippen LogP contribution in [0.5, 0.6) is 5.75 Å². The molecule has 92 valence electrons. The Labute approximate surface area is 101 Å². The molecule has 0 radical (unpaired) electrons. The zero-order valence-corrected chi connectivity index (χ0v) is 9.94. The number of carbonyl (C=O) groups excluding carboxylic acids is 1. The highest BCUT2D eigenvalue weighted by molar-refractivity contribution is 8.13. The minimum Gasteiger partial charge on any atom is -0.489 e. The van der Waals surface area contributed by atoms with Crippen LogP contribution in [0.3, 0.4) is 0 Å². The zero-order chi connectivity index (χ0) is 12.6. The summed E-state index contributed by atoms with van der Waals surface area (Å²) >= 11 is 0. The number of rotatable bonds is 1. The summed E-state index contributed by atoms with van der Waals surface area (Å²) in [5.74, 6) is -1.68. The van der Waals surface area contributed by atoms with E-state index < -0.39 is 25.7 Å². The summed E-state index contributed by atoms with van der Waals surface area (Å²) in [6, 6.07) is 1.63. The highest BCUT2D eigenvalue weighted by Crippen LogP contribution is 2.32. The minimum atomic E-state index is -4.18. The molecule has 2 rings (SSSR count). The van der Waals surface area contributed by atoms with Gasteiger partial charge in [0.1, 0.15) is 17.3 Å². The first-order chi connectivity index (χ1) is 7.89. The van der Waals surface area contributed by atoms with Crippen molar-refractivity contribution in [2.45, 2.75) is 4.90 Å². The van der Waals surface area contributed by atoms with Crippen LogP contribution in [0.15, 0.2) is 17.0 Å². The monoisotopic (exact) mass is 279 g/mol. The minimum absolute atomic E-state index is 0.0871. The van der Waals surface area contributed by atoms with E-state index in [1.807, 2.05) is 0 Å². The largest absolute Gasteiger partial charge is 0.489 e. The Morgan fingerprint density at radius 2 is 2.12 bits per heavy atom. The lowest BCUT2D eigenvalue weighted by Gasteiger charge is -2.09. The van der Waals surface area contributed by atoms with Gasteiger partial charge in [-0.3, -0.25) is 4.79 Å². The molecule has 1 aromatic carbocycles. The standard InChI is InChI=1S/C9H7ClFNO4S/c10-17(14,15)7-4-5(11)3-6-8(7)16-2-1-12-9(6)13/h3-4H,1-2H2,(H,12,13). The van der Waals surface area contributed by atoms with Gasteiger partial charge in [-0.25, -0.2) is 12.8 Å². The smallest absolute Gasteiger partial charge is 0.265 e. The summed E-state index contributed by atoms with van der Waals surface area (Å²) in [7, 11) is 0.983. The lowest BCUT2D eigenvalue weighted by Crippen LogP contribution is -2.24. The molecule has 0 spiro atoms. The Morgan fingerprint density at radius 1 is 1.41 bits per heavy atom. The molecule has 0 unspecified atom stereocenters. The maximum atomic E-state index is 13.2. The molecule has 0 atom stereocenters. The fourth-order valence-electron chi connectivity index (χ4n) is 1.48. The second kappa shape index (κ2) is 4.15. The molecular weight excluding hydrogens is 273 g/mol. The molecule has 8 heteroatoms. The van der Waals surface area contributed by atoms with E-state index in [1.54, 1.807) is 0 Å². The van der Waals surface area contributed by atoms with Gasteiger partial charge in [-0.1, -0.05) is 0 Å². The Kier molecular flexibility index (Phi) is 2.96. The van der Waals surface area contributed by atoms with Crippen LogP contribution in [0.4, 0.5) is 4.39 Å². The summed E-state index contributed by atoms with van der Waals surface area (Å²) in [5, 5.41) is 2.44. The molecular formula is C9H7ClFNO4S. The van der Waals surface area contributed by atoms with Gasteiger partial charge in [-0.2, -0.15) is 0 Å². The molecule has 0 aliphatic carbocycles.